The summed E-state index contributed by atoms with van der Waals surface area (Å²) in [5.74, 6) is 0.661. The topological polar surface area (TPSA) is 67.9 Å². The van der Waals surface area contributed by atoms with E-state index in [9.17, 15) is 9.59 Å². The molecule has 0 saturated carbocycles. The van der Waals surface area contributed by atoms with E-state index in [0.717, 1.165) is 12.8 Å². The maximum atomic E-state index is 12.4. The van der Waals surface area contributed by atoms with Crippen molar-refractivity contribution in [1.29, 1.82) is 0 Å². The number of carbonyl (C=O) groups excluding carboxylic acids is 2. The zero-order chi connectivity index (χ0) is 20.7. The van der Waals surface area contributed by atoms with E-state index in [-0.39, 0.29) is 11.9 Å². The van der Waals surface area contributed by atoms with Crippen LogP contribution >= 0.6 is 23.2 Å². The molecule has 1 heterocycles. The van der Waals surface area contributed by atoms with Gasteiger partial charge in [0.1, 0.15) is 11.4 Å². The summed E-state index contributed by atoms with van der Waals surface area (Å²) < 4.78 is 10.9. The minimum atomic E-state index is -0.515. The summed E-state index contributed by atoms with van der Waals surface area (Å²) in [5.41, 5.74) is -0.515. The first-order valence-electron chi connectivity index (χ1n) is 9.49. The van der Waals surface area contributed by atoms with Crippen LogP contribution in [-0.4, -0.2) is 48.2 Å². The van der Waals surface area contributed by atoms with Crippen molar-refractivity contribution in [2.75, 3.05) is 19.7 Å². The van der Waals surface area contributed by atoms with Crippen molar-refractivity contribution in [3.8, 4) is 5.75 Å². The van der Waals surface area contributed by atoms with E-state index in [2.05, 4.69) is 5.32 Å². The number of hydrogen-bond acceptors (Lipinski definition) is 4. The van der Waals surface area contributed by atoms with E-state index in [0.29, 0.717) is 48.3 Å². The van der Waals surface area contributed by atoms with Crippen molar-refractivity contribution < 1.29 is 19.1 Å². The smallest absolute Gasteiger partial charge is 0.407 e. The Morgan fingerprint density at radius 1 is 1.21 bits per heavy atom. The lowest BCUT2D eigenvalue weighted by molar-refractivity contribution is -0.132. The molecule has 1 aromatic carbocycles. The third-order valence-electron chi connectivity index (χ3n) is 4.25. The van der Waals surface area contributed by atoms with Crippen LogP contribution in [0.25, 0.3) is 0 Å². The van der Waals surface area contributed by atoms with Crippen molar-refractivity contribution >= 4 is 35.2 Å². The van der Waals surface area contributed by atoms with Crippen molar-refractivity contribution in [3.63, 3.8) is 0 Å². The highest BCUT2D eigenvalue weighted by atomic mass is 35.5. The van der Waals surface area contributed by atoms with E-state index >= 15 is 0 Å². The van der Waals surface area contributed by atoms with Crippen molar-refractivity contribution in [3.05, 3.63) is 28.2 Å². The Morgan fingerprint density at radius 2 is 1.89 bits per heavy atom. The summed E-state index contributed by atoms with van der Waals surface area (Å²) in [4.78, 5) is 26.0. The zero-order valence-electron chi connectivity index (χ0n) is 16.6. The SMILES string of the molecule is CC(C)(C)OC(=O)NC1CCN(C(=O)CCCOc2ccc(Cl)cc2Cl)CC1. The third kappa shape index (κ3) is 7.76. The van der Waals surface area contributed by atoms with Crippen LogP contribution in [0.3, 0.4) is 0 Å². The second-order valence-electron chi connectivity index (χ2n) is 7.83. The molecule has 156 valence electrons. The van der Waals surface area contributed by atoms with Crippen LogP contribution in [0.2, 0.25) is 10.0 Å². The molecule has 0 unspecified atom stereocenters. The Balaban J connectivity index is 1.64. The summed E-state index contributed by atoms with van der Waals surface area (Å²) in [6.07, 6.45) is 2.06. The van der Waals surface area contributed by atoms with E-state index in [1.54, 1.807) is 18.2 Å². The highest BCUT2D eigenvalue weighted by molar-refractivity contribution is 6.35. The number of ether oxygens (including phenoxy) is 2. The molecular weight excluding hydrogens is 403 g/mol. The molecule has 28 heavy (non-hydrogen) atoms. The lowest BCUT2D eigenvalue weighted by Crippen LogP contribution is -2.47. The predicted octanol–water partition coefficient (Wildman–Crippen LogP) is 4.67. The number of carbonyl (C=O) groups is 2. The number of benzene rings is 1. The molecule has 1 fully saturated rings. The summed E-state index contributed by atoms with van der Waals surface area (Å²) in [7, 11) is 0. The summed E-state index contributed by atoms with van der Waals surface area (Å²) >= 11 is 11.9. The second-order valence-corrected chi connectivity index (χ2v) is 8.67. The van der Waals surface area contributed by atoms with Gasteiger partial charge < -0.3 is 19.7 Å². The zero-order valence-corrected chi connectivity index (χ0v) is 18.1. The molecule has 1 aromatic rings. The van der Waals surface area contributed by atoms with E-state index < -0.39 is 11.7 Å². The van der Waals surface area contributed by atoms with Crippen LogP contribution < -0.4 is 10.1 Å². The lowest BCUT2D eigenvalue weighted by atomic mass is 10.0. The molecule has 1 N–H and O–H groups in total. The van der Waals surface area contributed by atoms with Gasteiger partial charge >= 0.3 is 6.09 Å². The largest absolute Gasteiger partial charge is 0.492 e. The fourth-order valence-electron chi connectivity index (χ4n) is 2.90. The maximum Gasteiger partial charge on any atom is 0.407 e. The molecule has 8 heteroatoms. The molecule has 0 atom stereocenters. The minimum Gasteiger partial charge on any atom is -0.492 e. The molecule has 0 aliphatic carbocycles. The monoisotopic (exact) mass is 430 g/mol. The van der Waals surface area contributed by atoms with Gasteiger partial charge in [-0.2, -0.15) is 0 Å². The fraction of sp³-hybridized carbons (Fsp3) is 0.600. The lowest BCUT2D eigenvalue weighted by Gasteiger charge is -2.33. The number of nitrogens with one attached hydrogen (secondary N) is 1. The van der Waals surface area contributed by atoms with Crippen LogP contribution in [0, 0.1) is 0 Å². The van der Waals surface area contributed by atoms with Gasteiger partial charge in [-0.3, -0.25) is 4.79 Å². The molecule has 2 amide bonds. The Bertz CT molecular complexity index is 683. The summed E-state index contributed by atoms with van der Waals surface area (Å²) in [5, 5.41) is 3.88. The number of amides is 2. The molecule has 0 radical (unpaired) electrons. The number of piperidine rings is 1. The molecule has 0 aromatic heterocycles. The van der Waals surface area contributed by atoms with Crippen molar-refractivity contribution in [2.24, 2.45) is 0 Å². The van der Waals surface area contributed by atoms with Gasteiger partial charge in [0, 0.05) is 30.6 Å². The van der Waals surface area contributed by atoms with Crippen molar-refractivity contribution in [1.82, 2.24) is 10.2 Å². The second kappa shape index (κ2) is 10.2. The number of likely N-dealkylation sites (tertiary alicyclic amines) is 1. The first-order valence-corrected chi connectivity index (χ1v) is 10.2. The quantitative estimate of drug-likeness (QED) is 0.665. The van der Waals surface area contributed by atoms with E-state index in [1.165, 1.54) is 0 Å². The fourth-order valence-corrected chi connectivity index (χ4v) is 3.37. The van der Waals surface area contributed by atoms with Crippen LogP contribution in [0.5, 0.6) is 5.75 Å². The highest BCUT2D eigenvalue weighted by Gasteiger charge is 2.25. The Morgan fingerprint density at radius 3 is 2.50 bits per heavy atom. The average Bonchev–Trinajstić information content (AvgIpc) is 2.59. The van der Waals surface area contributed by atoms with Gasteiger partial charge in [0.25, 0.3) is 0 Å². The van der Waals surface area contributed by atoms with Gasteiger partial charge in [-0.25, -0.2) is 4.79 Å². The maximum absolute atomic E-state index is 12.4. The van der Waals surface area contributed by atoms with Crippen molar-refractivity contribution in [2.45, 2.75) is 58.1 Å². The number of nitrogens with zero attached hydrogens (tertiary/aromatic N) is 1. The minimum absolute atomic E-state index is 0.0364. The molecular formula is C20H28Cl2N2O4. The first kappa shape index (κ1) is 22.6. The summed E-state index contributed by atoms with van der Waals surface area (Å²) in [6, 6.07) is 5.09. The number of halogens is 2. The standard InChI is InChI=1S/C20H28Cl2N2O4/c1-20(2,3)28-19(26)23-15-8-10-24(11-9-15)18(25)5-4-12-27-17-7-6-14(21)13-16(17)22/h6-7,13,15H,4-5,8-12H2,1-3H3,(H,23,26). The molecule has 0 bridgehead atoms. The van der Waals surface area contributed by atoms with Gasteiger partial charge in [0.2, 0.25) is 5.91 Å². The predicted molar refractivity (Wildman–Crippen MR) is 110 cm³/mol. The molecule has 1 aliphatic rings. The van der Waals surface area contributed by atoms with Gasteiger partial charge in [-0.1, -0.05) is 23.2 Å². The van der Waals surface area contributed by atoms with Gasteiger partial charge in [0.15, 0.2) is 0 Å². The van der Waals surface area contributed by atoms with E-state index in [4.69, 9.17) is 32.7 Å². The number of hydrogen-bond donors (Lipinski definition) is 1. The molecule has 6 nitrogen and oxygen atoms in total. The molecule has 1 saturated heterocycles. The van der Waals surface area contributed by atoms with Gasteiger partial charge in [0.05, 0.1) is 11.6 Å². The Kier molecular flexibility index (Phi) is 8.25. The molecule has 0 spiro atoms. The first-order chi connectivity index (χ1) is 13.1. The molecule has 1 aliphatic heterocycles. The Hall–Kier alpha value is -1.66. The average molecular weight is 431 g/mol. The number of rotatable bonds is 6. The third-order valence-corrected chi connectivity index (χ3v) is 4.79. The van der Waals surface area contributed by atoms with Crippen LogP contribution in [0.4, 0.5) is 4.79 Å². The number of alkyl carbamates (subject to hydrolysis) is 1. The Labute approximate surface area is 176 Å². The van der Waals surface area contributed by atoms with Gasteiger partial charge in [-0.15, -0.1) is 0 Å². The molecule has 2 rings (SSSR count). The highest BCUT2D eigenvalue weighted by Crippen LogP contribution is 2.27. The van der Waals surface area contributed by atoms with Gasteiger partial charge in [-0.05, 0) is 58.2 Å². The van der Waals surface area contributed by atoms with Crippen LogP contribution in [-0.2, 0) is 9.53 Å². The summed E-state index contributed by atoms with van der Waals surface area (Å²) in [6.45, 7) is 7.16. The normalized spacial score (nSPS) is 15.2. The van der Waals surface area contributed by atoms with Crippen LogP contribution in [0.1, 0.15) is 46.5 Å². The van der Waals surface area contributed by atoms with E-state index in [1.807, 2.05) is 25.7 Å². The van der Waals surface area contributed by atoms with Crippen LogP contribution in [0.15, 0.2) is 18.2 Å².